The molecule has 3 aliphatic carbocycles. The monoisotopic (exact) mass is 313 g/mol. The summed E-state index contributed by atoms with van der Waals surface area (Å²) in [5.74, 6) is 1.50. The van der Waals surface area contributed by atoms with Gasteiger partial charge >= 0.3 is 0 Å². The van der Waals surface area contributed by atoms with Gasteiger partial charge in [-0.15, -0.1) is 6.42 Å². The van der Waals surface area contributed by atoms with Gasteiger partial charge in [-0.3, -0.25) is 14.5 Å². The number of benzene rings is 2. The maximum Gasteiger partial charge on any atom is 0.234 e. The van der Waals surface area contributed by atoms with Crippen LogP contribution < -0.4 is 0 Å². The topological polar surface area (TPSA) is 37.4 Å². The van der Waals surface area contributed by atoms with Crippen molar-refractivity contribution in [1.29, 1.82) is 0 Å². The van der Waals surface area contributed by atoms with Gasteiger partial charge in [-0.05, 0) is 22.3 Å². The summed E-state index contributed by atoms with van der Waals surface area (Å²) in [5.41, 5.74) is 4.75. The van der Waals surface area contributed by atoms with E-state index >= 15 is 0 Å². The van der Waals surface area contributed by atoms with Crippen LogP contribution in [0.1, 0.15) is 34.1 Å². The molecule has 3 heteroatoms. The van der Waals surface area contributed by atoms with Crippen molar-refractivity contribution in [3.05, 3.63) is 70.8 Å². The lowest BCUT2D eigenvalue weighted by molar-refractivity contribution is -0.139. The van der Waals surface area contributed by atoms with E-state index in [0.717, 1.165) is 0 Å². The molecule has 3 nitrogen and oxygen atoms in total. The fourth-order valence-corrected chi connectivity index (χ4v) is 4.99. The second-order valence-electron chi connectivity index (χ2n) is 6.73. The van der Waals surface area contributed by atoms with Gasteiger partial charge in [-0.25, -0.2) is 0 Å². The molecule has 1 saturated heterocycles. The lowest BCUT2D eigenvalue weighted by atomic mass is 9.55. The third-order valence-corrected chi connectivity index (χ3v) is 5.79. The Kier molecular flexibility index (Phi) is 2.59. The number of carbonyl (C=O) groups excluding carboxylic acids is 2. The Morgan fingerprint density at radius 1 is 0.792 bits per heavy atom. The van der Waals surface area contributed by atoms with Gasteiger partial charge in [0.1, 0.15) is 0 Å². The minimum atomic E-state index is -0.319. The van der Waals surface area contributed by atoms with Gasteiger partial charge in [0.05, 0.1) is 18.4 Å². The average Bonchev–Trinajstić information content (AvgIpc) is 2.88. The Balaban J connectivity index is 1.79. The van der Waals surface area contributed by atoms with Crippen LogP contribution in [0.15, 0.2) is 48.5 Å². The summed E-state index contributed by atoms with van der Waals surface area (Å²) >= 11 is 0. The van der Waals surface area contributed by atoms with Crippen molar-refractivity contribution in [2.75, 3.05) is 6.54 Å². The summed E-state index contributed by atoms with van der Waals surface area (Å²) in [6.45, 7) is 0.0663. The summed E-state index contributed by atoms with van der Waals surface area (Å²) < 4.78 is 0. The molecule has 6 rings (SSSR count). The standard InChI is InChI=1S/C21H15NO2/c1-2-11-22-20(23)18-16-12-7-3-4-8-13(12)17(19(18)21(22)24)15-10-6-5-9-14(15)16/h1,3-10,16-19H,11H2/t16?,17?,18-,19+. The van der Waals surface area contributed by atoms with Crippen molar-refractivity contribution in [2.45, 2.75) is 11.8 Å². The maximum atomic E-state index is 13.0. The second-order valence-corrected chi connectivity index (χ2v) is 6.73. The molecule has 0 unspecified atom stereocenters. The van der Waals surface area contributed by atoms with Gasteiger partial charge in [0, 0.05) is 11.8 Å². The molecule has 4 aliphatic rings. The van der Waals surface area contributed by atoms with Crippen LogP contribution in [-0.2, 0) is 9.59 Å². The maximum absolute atomic E-state index is 13.0. The molecular formula is C21H15NO2. The summed E-state index contributed by atoms with van der Waals surface area (Å²) in [7, 11) is 0. The van der Waals surface area contributed by atoms with E-state index in [-0.39, 0.29) is 42.0 Å². The Morgan fingerprint density at radius 3 is 1.50 bits per heavy atom. The van der Waals surface area contributed by atoms with Crippen LogP contribution in [-0.4, -0.2) is 23.3 Å². The van der Waals surface area contributed by atoms with Crippen molar-refractivity contribution in [3.63, 3.8) is 0 Å². The third-order valence-electron chi connectivity index (χ3n) is 5.79. The van der Waals surface area contributed by atoms with E-state index in [1.165, 1.54) is 27.2 Å². The largest absolute Gasteiger partial charge is 0.274 e. The molecular weight excluding hydrogens is 298 g/mol. The predicted octanol–water partition coefficient (Wildman–Crippen LogP) is 2.51. The Bertz CT molecular complexity index is 823. The number of likely N-dealkylation sites (tertiary alicyclic amines) is 1. The molecule has 2 aromatic carbocycles. The molecule has 2 atom stereocenters. The van der Waals surface area contributed by atoms with Crippen molar-refractivity contribution in [3.8, 4) is 12.3 Å². The van der Waals surface area contributed by atoms with Crippen molar-refractivity contribution in [1.82, 2.24) is 4.90 Å². The van der Waals surface area contributed by atoms with Crippen LogP contribution in [0.4, 0.5) is 0 Å². The van der Waals surface area contributed by atoms with Gasteiger partial charge in [-0.1, -0.05) is 54.5 Å². The number of imide groups is 1. The first-order valence-electron chi connectivity index (χ1n) is 8.20. The Labute approximate surface area is 140 Å². The molecule has 2 aromatic rings. The summed E-state index contributed by atoms with van der Waals surface area (Å²) in [6.07, 6.45) is 5.38. The smallest absolute Gasteiger partial charge is 0.234 e. The number of hydrogen-bond acceptors (Lipinski definition) is 2. The zero-order chi connectivity index (χ0) is 16.4. The fraction of sp³-hybridized carbons (Fsp3) is 0.238. The first kappa shape index (κ1) is 13.6. The highest BCUT2D eigenvalue weighted by atomic mass is 16.2. The number of nitrogens with zero attached hydrogens (tertiary/aromatic N) is 1. The van der Waals surface area contributed by atoms with Crippen molar-refractivity contribution >= 4 is 11.8 Å². The van der Waals surface area contributed by atoms with E-state index in [1.54, 1.807) is 0 Å². The highest BCUT2D eigenvalue weighted by Crippen LogP contribution is 2.60. The molecule has 2 bridgehead atoms. The number of rotatable bonds is 1. The van der Waals surface area contributed by atoms with Crippen molar-refractivity contribution < 1.29 is 9.59 Å². The van der Waals surface area contributed by atoms with Crippen LogP contribution >= 0.6 is 0 Å². The molecule has 1 aliphatic heterocycles. The minimum Gasteiger partial charge on any atom is -0.274 e. The van der Waals surface area contributed by atoms with E-state index < -0.39 is 0 Å². The molecule has 1 heterocycles. The third kappa shape index (κ3) is 1.44. The van der Waals surface area contributed by atoms with Crippen LogP contribution in [0.3, 0.4) is 0 Å². The highest BCUT2D eigenvalue weighted by molar-refractivity contribution is 6.07. The quantitative estimate of drug-likeness (QED) is 0.599. The van der Waals surface area contributed by atoms with E-state index in [2.05, 4.69) is 30.2 Å². The van der Waals surface area contributed by atoms with E-state index in [4.69, 9.17) is 6.42 Å². The van der Waals surface area contributed by atoms with Crippen molar-refractivity contribution in [2.24, 2.45) is 11.8 Å². The first-order chi connectivity index (χ1) is 11.7. The van der Waals surface area contributed by atoms with Crippen LogP contribution in [0.25, 0.3) is 0 Å². The second kappa shape index (κ2) is 4.58. The van der Waals surface area contributed by atoms with Crippen LogP contribution in [0.5, 0.6) is 0 Å². The molecule has 0 N–H and O–H groups in total. The van der Waals surface area contributed by atoms with Gasteiger partial charge < -0.3 is 0 Å². The zero-order valence-electron chi connectivity index (χ0n) is 13.0. The molecule has 0 saturated carbocycles. The lowest BCUT2D eigenvalue weighted by Crippen LogP contribution is -2.41. The lowest BCUT2D eigenvalue weighted by Gasteiger charge is -2.45. The minimum absolute atomic E-state index is 0.0494. The van der Waals surface area contributed by atoms with E-state index in [0.29, 0.717) is 0 Å². The molecule has 0 aromatic heterocycles. The highest BCUT2D eigenvalue weighted by Gasteiger charge is 2.61. The molecule has 1 fully saturated rings. The SMILES string of the molecule is C#CCN1C(=O)[C@@H]2C3c4ccccc4C(c4ccccc43)[C@@H]2C1=O. The number of terminal acetylenes is 1. The summed E-state index contributed by atoms with van der Waals surface area (Å²) in [5, 5.41) is 0. The van der Waals surface area contributed by atoms with E-state index in [1.807, 2.05) is 24.3 Å². The van der Waals surface area contributed by atoms with Gasteiger partial charge in [0.25, 0.3) is 0 Å². The van der Waals surface area contributed by atoms with Gasteiger partial charge in [-0.2, -0.15) is 0 Å². The molecule has 24 heavy (non-hydrogen) atoms. The Morgan fingerprint density at radius 2 is 1.17 bits per heavy atom. The number of carbonyl (C=O) groups is 2. The molecule has 116 valence electrons. The fourth-order valence-electron chi connectivity index (χ4n) is 4.99. The number of hydrogen-bond donors (Lipinski definition) is 0. The predicted molar refractivity (Wildman–Crippen MR) is 89.1 cm³/mol. The van der Waals surface area contributed by atoms with Crippen LogP contribution in [0.2, 0.25) is 0 Å². The van der Waals surface area contributed by atoms with E-state index in [9.17, 15) is 9.59 Å². The summed E-state index contributed by atoms with van der Waals surface area (Å²) in [4.78, 5) is 27.2. The molecule has 2 amide bonds. The van der Waals surface area contributed by atoms with Crippen LogP contribution in [0, 0.1) is 24.2 Å². The first-order valence-corrected chi connectivity index (χ1v) is 8.20. The molecule has 0 spiro atoms. The average molecular weight is 313 g/mol. The number of amides is 2. The van der Waals surface area contributed by atoms with Gasteiger partial charge in [0.15, 0.2) is 0 Å². The Hall–Kier alpha value is -2.86. The molecule has 0 radical (unpaired) electrons. The van der Waals surface area contributed by atoms with Gasteiger partial charge in [0.2, 0.25) is 11.8 Å². The normalized spacial score (nSPS) is 29.0. The zero-order valence-corrected chi connectivity index (χ0v) is 13.0. The summed E-state index contributed by atoms with van der Waals surface area (Å²) in [6, 6.07) is 16.4.